The van der Waals surface area contributed by atoms with Crippen LogP contribution in [-0.2, 0) is 0 Å². The molecule has 0 bridgehead atoms. The number of likely N-dealkylation sites (tertiary alicyclic amines) is 1. The molecule has 2 heteroatoms. The van der Waals surface area contributed by atoms with Gasteiger partial charge in [0.05, 0.1) is 8.07 Å². The van der Waals surface area contributed by atoms with Crippen molar-refractivity contribution in [1.82, 2.24) is 4.90 Å². The molecule has 0 aromatic rings. The Kier molecular flexibility index (Phi) is 5.62. The molecule has 0 unspecified atom stereocenters. The normalized spacial score (nSPS) is 20.7. The Morgan fingerprint density at radius 3 is 2.20 bits per heavy atom. The second-order valence-electron chi connectivity index (χ2n) is 5.63. The highest BCUT2D eigenvalue weighted by Crippen LogP contribution is 2.16. The maximum absolute atomic E-state index is 2.72. The summed E-state index contributed by atoms with van der Waals surface area (Å²) < 4.78 is 0. The number of hydrogen-bond acceptors (Lipinski definition) is 1. The zero-order valence-electron chi connectivity index (χ0n) is 10.8. The fourth-order valence-corrected chi connectivity index (χ4v) is 4.93. The first-order valence-corrected chi connectivity index (χ1v) is 9.89. The molecule has 0 spiro atoms. The van der Waals surface area contributed by atoms with Crippen LogP contribution in [0.5, 0.6) is 0 Å². The Morgan fingerprint density at radius 1 is 1.07 bits per heavy atom. The van der Waals surface area contributed by atoms with Crippen molar-refractivity contribution < 1.29 is 0 Å². The summed E-state index contributed by atoms with van der Waals surface area (Å²) in [4.78, 5) is 2.72. The summed E-state index contributed by atoms with van der Waals surface area (Å²) in [6.07, 6.45) is 11.7. The molecule has 15 heavy (non-hydrogen) atoms. The molecule has 1 aliphatic heterocycles. The molecule has 88 valence electrons. The maximum Gasteiger partial charge on any atom is 0.0666 e. The molecule has 1 aliphatic rings. The highest BCUT2D eigenvalue weighted by atomic mass is 28.3. The lowest BCUT2D eigenvalue weighted by molar-refractivity contribution is 0.325. The van der Waals surface area contributed by atoms with E-state index in [1.165, 1.54) is 51.0 Å². The molecule has 1 nitrogen and oxygen atoms in total. The van der Waals surface area contributed by atoms with Crippen molar-refractivity contribution >= 4 is 8.07 Å². The van der Waals surface area contributed by atoms with Gasteiger partial charge in [0.25, 0.3) is 0 Å². The van der Waals surface area contributed by atoms with Gasteiger partial charge in [0.1, 0.15) is 0 Å². The van der Waals surface area contributed by atoms with Crippen LogP contribution in [0, 0.1) is 0 Å². The molecule has 0 atom stereocenters. The minimum atomic E-state index is -0.995. The lowest BCUT2D eigenvalue weighted by atomic mass is 10.2. The van der Waals surface area contributed by atoms with E-state index in [0.717, 1.165) is 0 Å². The average molecular weight is 225 g/mol. The van der Waals surface area contributed by atoms with E-state index in [9.17, 15) is 0 Å². The zero-order chi connectivity index (χ0) is 11.1. The summed E-state index contributed by atoms with van der Waals surface area (Å²) in [5.41, 5.74) is 0. The predicted octanol–water partition coefficient (Wildman–Crippen LogP) is 3.69. The third-order valence-electron chi connectivity index (χ3n) is 3.26. The lowest BCUT2D eigenvalue weighted by Crippen LogP contribution is -2.42. The number of nitrogens with zero attached hydrogens (tertiary/aromatic N) is 1. The Balaban J connectivity index is 2.36. The summed E-state index contributed by atoms with van der Waals surface area (Å²) in [6, 6.07) is 1.35. The van der Waals surface area contributed by atoms with Crippen molar-refractivity contribution in [3.8, 4) is 0 Å². The van der Waals surface area contributed by atoms with Gasteiger partial charge in [-0.1, -0.05) is 38.1 Å². The standard InChI is InChI=1S/C13H27NSi/c1-4-5-12-15(2,3)13-14-10-8-6-7-9-11-14/h4-5H,6-13H2,1-3H3. The summed E-state index contributed by atoms with van der Waals surface area (Å²) in [7, 11) is -0.995. The fourth-order valence-electron chi connectivity index (χ4n) is 2.40. The number of allylic oxidation sites excluding steroid dienone is 2. The van der Waals surface area contributed by atoms with Gasteiger partial charge >= 0.3 is 0 Å². The van der Waals surface area contributed by atoms with Gasteiger partial charge in [0.15, 0.2) is 0 Å². The fraction of sp³-hybridized carbons (Fsp3) is 0.846. The van der Waals surface area contributed by atoms with Gasteiger partial charge in [-0.3, -0.25) is 0 Å². The smallest absolute Gasteiger partial charge is 0.0666 e. The minimum Gasteiger partial charge on any atom is -0.306 e. The molecular weight excluding hydrogens is 198 g/mol. The molecule has 0 amide bonds. The van der Waals surface area contributed by atoms with Crippen LogP contribution in [0.4, 0.5) is 0 Å². The van der Waals surface area contributed by atoms with Crippen LogP contribution in [0.3, 0.4) is 0 Å². The first-order chi connectivity index (χ1) is 7.14. The summed E-state index contributed by atoms with van der Waals surface area (Å²) >= 11 is 0. The third kappa shape index (κ3) is 5.52. The number of hydrogen-bond donors (Lipinski definition) is 0. The molecule has 0 radical (unpaired) electrons. The van der Waals surface area contributed by atoms with Crippen LogP contribution in [-0.4, -0.2) is 32.2 Å². The van der Waals surface area contributed by atoms with Crippen LogP contribution in [0.25, 0.3) is 0 Å². The second-order valence-corrected chi connectivity index (χ2v) is 10.7. The summed E-state index contributed by atoms with van der Waals surface area (Å²) in [6.45, 7) is 9.89. The minimum absolute atomic E-state index is 0.995. The molecule has 1 saturated heterocycles. The van der Waals surface area contributed by atoms with Crippen LogP contribution in [0.2, 0.25) is 19.1 Å². The first-order valence-electron chi connectivity index (χ1n) is 6.47. The van der Waals surface area contributed by atoms with E-state index in [4.69, 9.17) is 0 Å². The molecule has 1 rings (SSSR count). The van der Waals surface area contributed by atoms with Crippen molar-refractivity contribution in [2.45, 2.75) is 51.7 Å². The van der Waals surface area contributed by atoms with Gasteiger partial charge in [0.2, 0.25) is 0 Å². The van der Waals surface area contributed by atoms with E-state index < -0.39 is 8.07 Å². The maximum atomic E-state index is 2.72. The van der Waals surface area contributed by atoms with Gasteiger partial charge in [-0.25, -0.2) is 0 Å². The van der Waals surface area contributed by atoms with E-state index in [-0.39, 0.29) is 0 Å². The van der Waals surface area contributed by atoms with Gasteiger partial charge in [-0.15, -0.1) is 0 Å². The largest absolute Gasteiger partial charge is 0.306 e. The van der Waals surface area contributed by atoms with Crippen LogP contribution < -0.4 is 0 Å². The van der Waals surface area contributed by atoms with Crippen molar-refractivity contribution in [1.29, 1.82) is 0 Å². The Bertz CT molecular complexity index is 191. The zero-order valence-corrected chi connectivity index (χ0v) is 11.8. The molecule has 0 N–H and O–H groups in total. The van der Waals surface area contributed by atoms with E-state index in [0.29, 0.717) is 0 Å². The lowest BCUT2D eigenvalue weighted by Gasteiger charge is -2.29. The van der Waals surface area contributed by atoms with Gasteiger partial charge in [-0.2, -0.15) is 0 Å². The van der Waals surface area contributed by atoms with Crippen molar-refractivity contribution in [2.24, 2.45) is 0 Å². The first kappa shape index (κ1) is 13.0. The summed E-state index contributed by atoms with van der Waals surface area (Å²) in [5, 5.41) is 0. The predicted molar refractivity (Wildman–Crippen MR) is 72.0 cm³/mol. The van der Waals surface area contributed by atoms with Crippen molar-refractivity contribution in [3.63, 3.8) is 0 Å². The SMILES string of the molecule is CC=CC[Si](C)(C)CN1CCCCCC1. The molecule has 0 aromatic heterocycles. The van der Waals surface area contributed by atoms with Crippen LogP contribution >= 0.6 is 0 Å². The Morgan fingerprint density at radius 2 is 1.67 bits per heavy atom. The van der Waals surface area contributed by atoms with Crippen molar-refractivity contribution in [2.75, 3.05) is 19.3 Å². The highest BCUT2D eigenvalue weighted by Gasteiger charge is 2.23. The molecule has 0 aliphatic carbocycles. The van der Waals surface area contributed by atoms with Gasteiger partial charge < -0.3 is 4.90 Å². The molecule has 0 saturated carbocycles. The van der Waals surface area contributed by atoms with E-state index >= 15 is 0 Å². The van der Waals surface area contributed by atoms with Crippen molar-refractivity contribution in [3.05, 3.63) is 12.2 Å². The van der Waals surface area contributed by atoms with E-state index in [2.05, 4.69) is 37.1 Å². The molecule has 0 aromatic carbocycles. The summed E-state index contributed by atoms with van der Waals surface area (Å²) in [5.74, 6) is 0. The van der Waals surface area contributed by atoms with E-state index in [1.807, 2.05) is 0 Å². The van der Waals surface area contributed by atoms with Crippen LogP contribution in [0.15, 0.2) is 12.2 Å². The molecule has 1 fully saturated rings. The van der Waals surface area contributed by atoms with Gasteiger partial charge in [-0.05, 0) is 45.1 Å². The van der Waals surface area contributed by atoms with Gasteiger partial charge in [0, 0.05) is 0 Å². The highest BCUT2D eigenvalue weighted by molar-refractivity contribution is 6.78. The van der Waals surface area contributed by atoms with E-state index in [1.54, 1.807) is 0 Å². The Labute approximate surface area is 96.6 Å². The topological polar surface area (TPSA) is 3.24 Å². The van der Waals surface area contributed by atoms with Crippen LogP contribution in [0.1, 0.15) is 32.6 Å². The quantitative estimate of drug-likeness (QED) is 0.521. The third-order valence-corrected chi connectivity index (χ3v) is 5.90. The number of rotatable bonds is 4. The molecule has 1 heterocycles. The average Bonchev–Trinajstić information content (AvgIpc) is 2.43. The monoisotopic (exact) mass is 225 g/mol. The molecular formula is C13H27NSi. The second kappa shape index (κ2) is 6.49. The Hall–Kier alpha value is -0.0831.